The molecule has 10 heteroatoms. The number of aromatic nitrogens is 2. The highest BCUT2D eigenvalue weighted by molar-refractivity contribution is 9.10. The van der Waals surface area contributed by atoms with E-state index in [0.29, 0.717) is 11.0 Å². The van der Waals surface area contributed by atoms with Crippen LogP contribution in [0.4, 0.5) is 14.5 Å². The zero-order valence-electron chi connectivity index (χ0n) is 14.1. The Bertz CT molecular complexity index is 811. The molecule has 0 saturated carbocycles. The number of nitrogens with zero attached hydrogens (tertiary/aromatic N) is 2. The van der Waals surface area contributed by atoms with E-state index in [9.17, 15) is 18.4 Å². The normalized spacial score (nSPS) is 10.7. The summed E-state index contributed by atoms with van der Waals surface area (Å²) in [5.41, 5.74) is 0.204. The minimum Gasteiger partial charge on any atom is -0.434 e. The maximum Gasteiger partial charge on any atom is 0.387 e. The second kappa shape index (κ2) is 8.75. The first-order valence-corrected chi connectivity index (χ1v) is 8.48. The maximum atomic E-state index is 12.6. The number of benzene rings is 1. The second-order valence-corrected chi connectivity index (χ2v) is 6.18. The van der Waals surface area contributed by atoms with Crippen molar-refractivity contribution >= 4 is 33.4 Å². The van der Waals surface area contributed by atoms with E-state index in [0.717, 1.165) is 6.42 Å². The Morgan fingerprint density at radius 1 is 1.35 bits per heavy atom. The van der Waals surface area contributed by atoms with Crippen LogP contribution in [0.15, 0.2) is 28.9 Å². The van der Waals surface area contributed by atoms with Crippen molar-refractivity contribution in [1.82, 2.24) is 15.1 Å². The highest BCUT2D eigenvalue weighted by Gasteiger charge is 2.21. The molecule has 0 fully saturated rings. The summed E-state index contributed by atoms with van der Waals surface area (Å²) in [7, 11) is 1.56. The molecule has 0 atom stereocenters. The quantitative estimate of drug-likeness (QED) is 0.706. The molecule has 0 spiro atoms. The molecule has 2 N–H and O–H groups in total. The van der Waals surface area contributed by atoms with Gasteiger partial charge in [-0.2, -0.15) is 13.9 Å². The molecular weight excluding hydrogens is 414 g/mol. The van der Waals surface area contributed by atoms with Crippen molar-refractivity contribution in [1.29, 1.82) is 0 Å². The van der Waals surface area contributed by atoms with Crippen molar-refractivity contribution < 1.29 is 23.1 Å². The Hall–Kier alpha value is -2.49. The fourth-order valence-corrected chi connectivity index (χ4v) is 2.55. The second-order valence-electron chi connectivity index (χ2n) is 5.26. The molecule has 140 valence electrons. The predicted molar refractivity (Wildman–Crippen MR) is 94.6 cm³/mol. The van der Waals surface area contributed by atoms with Crippen LogP contribution >= 0.6 is 15.9 Å². The van der Waals surface area contributed by atoms with Gasteiger partial charge in [0.2, 0.25) is 0 Å². The SMILES string of the molecule is CCCNC(=O)c1c(NC(=O)c2cc(Br)ccc2OC(F)F)cnn1C. The van der Waals surface area contributed by atoms with Crippen LogP contribution in [0, 0.1) is 0 Å². The molecular formula is C16H17BrF2N4O3. The van der Waals surface area contributed by atoms with Gasteiger partial charge >= 0.3 is 6.61 Å². The van der Waals surface area contributed by atoms with Crippen molar-refractivity contribution in [2.24, 2.45) is 7.05 Å². The van der Waals surface area contributed by atoms with E-state index < -0.39 is 18.4 Å². The number of aryl methyl sites for hydroxylation is 1. The zero-order chi connectivity index (χ0) is 19.3. The molecule has 0 aliphatic heterocycles. The average molecular weight is 431 g/mol. The van der Waals surface area contributed by atoms with Crippen molar-refractivity contribution in [3.8, 4) is 5.75 Å². The Labute approximate surface area is 156 Å². The van der Waals surface area contributed by atoms with E-state index in [1.54, 1.807) is 7.05 Å². The van der Waals surface area contributed by atoms with Crippen LogP contribution in [0.25, 0.3) is 0 Å². The minimum atomic E-state index is -3.07. The molecule has 7 nitrogen and oxygen atoms in total. The van der Waals surface area contributed by atoms with Gasteiger partial charge in [0.25, 0.3) is 11.8 Å². The Kier molecular flexibility index (Phi) is 6.67. The van der Waals surface area contributed by atoms with E-state index in [1.807, 2.05) is 6.92 Å². The standard InChI is InChI=1S/C16H17BrF2N4O3/c1-3-6-20-15(25)13-11(8-21-23(13)2)22-14(24)10-7-9(17)4-5-12(10)26-16(18)19/h4-5,7-8,16H,3,6H2,1-2H3,(H,20,25)(H,22,24). The smallest absolute Gasteiger partial charge is 0.387 e. The summed E-state index contributed by atoms with van der Waals surface area (Å²) in [6.07, 6.45) is 2.06. The number of ether oxygens (including phenoxy) is 1. The maximum absolute atomic E-state index is 12.6. The highest BCUT2D eigenvalue weighted by Crippen LogP contribution is 2.26. The summed E-state index contributed by atoms with van der Waals surface area (Å²) >= 11 is 3.18. The van der Waals surface area contributed by atoms with Crippen LogP contribution in [0.2, 0.25) is 0 Å². The molecule has 1 aromatic carbocycles. The van der Waals surface area contributed by atoms with E-state index in [1.165, 1.54) is 29.1 Å². The van der Waals surface area contributed by atoms with Crippen molar-refractivity contribution in [3.05, 3.63) is 40.1 Å². The van der Waals surface area contributed by atoms with Gasteiger partial charge in [0, 0.05) is 18.1 Å². The number of carbonyl (C=O) groups excluding carboxylic acids is 2. The molecule has 2 amide bonds. The van der Waals surface area contributed by atoms with Gasteiger partial charge in [-0.25, -0.2) is 0 Å². The van der Waals surface area contributed by atoms with Gasteiger partial charge in [0.15, 0.2) is 0 Å². The lowest BCUT2D eigenvalue weighted by Gasteiger charge is -2.12. The third-order valence-corrected chi connectivity index (χ3v) is 3.83. The topological polar surface area (TPSA) is 85.2 Å². The van der Waals surface area contributed by atoms with Gasteiger partial charge < -0.3 is 15.4 Å². The lowest BCUT2D eigenvalue weighted by Crippen LogP contribution is -2.27. The summed E-state index contributed by atoms with van der Waals surface area (Å²) in [4.78, 5) is 24.8. The fraction of sp³-hybridized carbons (Fsp3) is 0.312. The average Bonchev–Trinajstić information content (AvgIpc) is 2.94. The van der Waals surface area contributed by atoms with Gasteiger partial charge in [0.05, 0.1) is 17.4 Å². The molecule has 26 heavy (non-hydrogen) atoms. The van der Waals surface area contributed by atoms with Crippen molar-refractivity contribution in [2.75, 3.05) is 11.9 Å². The number of amides is 2. The summed E-state index contributed by atoms with van der Waals surface area (Å²) in [6.45, 7) is -0.698. The first-order chi connectivity index (χ1) is 12.3. The van der Waals surface area contributed by atoms with Gasteiger partial charge in [-0.1, -0.05) is 22.9 Å². The number of carbonyl (C=O) groups is 2. The Balaban J connectivity index is 2.29. The van der Waals surface area contributed by atoms with E-state index in [2.05, 4.69) is 36.4 Å². The molecule has 2 aromatic rings. The zero-order valence-corrected chi connectivity index (χ0v) is 15.6. The number of rotatable bonds is 7. The number of hydrogen-bond donors (Lipinski definition) is 2. The Morgan fingerprint density at radius 2 is 2.08 bits per heavy atom. The molecule has 0 aliphatic carbocycles. The monoisotopic (exact) mass is 430 g/mol. The highest BCUT2D eigenvalue weighted by atomic mass is 79.9. The summed E-state index contributed by atoms with van der Waals surface area (Å²) in [5.74, 6) is -1.39. The van der Waals surface area contributed by atoms with Crippen LogP contribution in [0.1, 0.15) is 34.2 Å². The molecule has 0 bridgehead atoms. The number of anilines is 1. The Morgan fingerprint density at radius 3 is 2.73 bits per heavy atom. The lowest BCUT2D eigenvalue weighted by molar-refractivity contribution is -0.0501. The van der Waals surface area contributed by atoms with E-state index in [-0.39, 0.29) is 22.7 Å². The van der Waals surface area contributed by atoms with Crippen LogP contribution < -0.4 is 15.4 Å². The predicted octanol–water partition coefficient (Wildman–Crippen LogP) is 3.18. The van der Waals surface area contributed by atoms with Gasteiger partial charge in [-0.15, -0.1) is 0 Å². The molecule has 0 saturated heterocycles. The number of halogens is 3. The van der Waals surface area contributed by atoms with Crippen LogP contribution in [0.3, 0.4) is 0 Å². The summed E-state index contributed by atoms with van der Waals surface area (Å²) in [6, 6.07) is 4.08. The molecule has 0 radical (unpaired) electrons. The van der Waals surface area contributed by atoms with Crippen molar-refractivity contribution in [3.63, 3.8) is 0 Å². The largest absolute Gasteiger partial charge is 0.434 e. The number of nitrogens with one attached hydrogen (secondary N) is 2. The molecule has 1 heterocycles. The lowest BCUT2D eigenvalue weighted by atomic mass is 10.2. The third-order valence-electron chi connectivity index (χ3n) is 3.34. The van der Waals surface area contributed by atoms with Gasteiger partial charge in [-0.3, -0.25) is 14.3 Å². The molecule has 0 unspecified atom stereocenters. The van der Waals surface area contributed by atoms with E-state index in [4.69, 9.17) is 0 Å². The molecule has 0 aliphatic rings. The fourth-order valence-electron chi connectivity index (χ4n) is 2.19. The molecule has 1 aromatic heterocycles. The summed E-state index contributed by atoms with van der Waals surface area (Å²) in [5, 5.41) is 9.17. The van der Waals surface area contributed by atoms with Gasteiger partial charge in [0.1, 0.15) is 11.4 Å². The van der Waals surface area contributed by atoms with Crippen LogP contribution in [-0.2, 0) is 7.05 Å². The third kappa shape index (κ3) is 4.78. The molecule has 2 rings (SSSR count). The first-order valence-electron chi connectivity index (χ1n) is 7.69. The van der Waals surface area contributed by atoms with E-state index >= 15 is 0 Å². The number of hydrogen-bond acceptors (Lipinski definition) is 4. The van der Waals surface area contributed by atoms with Crippen molar-refractivity contribution in [2.45, 2.75) is 20.0 Å². The first kappa shape index (κ1) is 19.8. The summed E-state index contributed by atoms with van der Waals surface area (Å²) < 4.78 is 31.3. The minimum absolute atomic E-state index is 0.108. The number of alkyl halides is 2. The van der Waals surface area contributed by atoms with Crippen LogP contribution in [-0.4, -0.2) is 34.8 Å². The van der Waals surface area contributed by atoms with Gasteiger partial charge in [-0.05, 0) is 24.6 Å². The van der Waals surface area contributed by atoms with Crippen LogP contribution in [0.5, 0.6) is 5.75 Å².